The molecule has 2 rings (SSSR count). The standard InChI is InChI=1S/C14H19NO2/c1-10-13(15-7-6-14(10)16)9-11-4-3-5-12(8-11)17-2/h3-5,8,10,13,15H,6-7,9H2,1-2H3. The van der Waals surface area contributed by atoms with E-state index in [0.717, 1.165) is 18.7 Å². The third-order valence-electron chi connectivity index (χ3n) is 3.48. The summed E-state index contributed by atoms with van der Waals surface area (Å²) in [7, 11) is 1.67. The van der Waals surface area contributed by atoms with Crippen molar-refractivity contribution in [3.8, 4) is 5.75 Å². The molecule has 1 aliphatic heterocycles. The van der Waals surface area contributed by atoms with Gasteiger partial charge in [0.25, 0.3) is 0 Å². The molecule has 1 heterocycles. The van der Waals surface area contributed by atoms with Crippen molar-refractivity contribution in [2.24, 2.45) is 5.92 Å². The predicted molar refractivity (Wildman–Crippen MR) is 67.3 cm³/mol. The normalized spacial score (nSPS) is 24.7. The molecule has 17 heavy (non-hydrogen) atoms. The quantitative estimate of drug-likeness (QED) is 0.865. The number of rotatable bonds is 3. The summed E-state index contributed by atoms with van der Waals surface area (Å²) in [4.78, 5) is 11.7. The molecule has 0 spiro atoms. The van der Waals surface area contributed by atoms with Gasteiger partial charge in [-0.2, -0.15) is 0 Å². The molecule has 3 nitrogen and oxygen atoms in total. The Labute approximate surface area is 102 Å². The van der Waals surface area contributed by atoms with Gasteiger partial charge in [0.05, 0.1) is 7.11 Å². The highest BCUT2D eigenvalue weighted by Gasteiger charge is 2.27. The molecule has 0 saturated carbocycles. The summed E-state index contributed by atoms with van der Waals surface area (Å²) in [5.74, 6) is 1.35. The second kappa shape index (κ2) is 5.32. The number of ketones is 1. The van der Waals surface area contributed by atoms with Crippen LogP contribution in [0, 0.1) is 5.92 Å². The van der Waals surface area contributed by atoms with E-state index in [2.05, 4.69) is 11.4 Å². The molecule has 0 amide bonds. The van der Waals surface area contributed by atoms with Crippen LogP contribution in [-0.4, -0.2) is 25.5 Å². The lowest BCUT2D eigenvalue weighted by Crippen LogP contribution is -2.46. The fourth-order valence-electron chi connectivity index (χ4n) is 2.31. The number of Topliss-reactive ketones (excluding diaryl/α,β-unsaturated/α-hetero) is 1. The summed E-state index contributed by atoms with van der Waals surface area (Å²) < 4.78 is 5.20. The first-order valence-electron chi connectivity index (χ1n) is 6.09. The molecule has 92 valence electrons. The van der Waals surface area contributed by atoms with Crippen molar-refractivity contribution in [1.29, 1.82) is 0 Å². The van der Waals surface area contributed by atoms with E-state index in [1.807, 2.05) is 25.1 Å². The van der Waals surface area contributed by atoms with Crippen molar-refractivity contribution in [2.45, 2.75) is 25.8 Å². The van der Waals surface area contributed by atoms with Gasteiger partial charge in [-0.25, -0.2) is 0 Å². The number of hydrogen-bond donors (Lipinski definition) is 1. The molecule has 0 radical (unpaired) electrons. The van der Waals surface area contributed by atoms with E-state index in [9.17, 15) is 4.79 Å². The molecule has 1 aromatic carbocycles. The van der Waals surface area contributed by atoms with E-state index in [0.29, 0.717) is 12.2 Å². The van der Waals surface area contributed by atoms with E-state index in [1.165, 1.54) is 5.56 Å². The molecule has 1 saturated heterocycles. The minimum Gasteiger partial charge on any atom is -0.497 e. The molecule has 2 atom stereocenters. The SMILES string of the molecule is COc1cccc(CC2NCCC(=O)C2C)c1. The molecular weight excluding hydrogens is 214 g/mol. The zero-order valence-electron chi connectivity index (χ0n) is 10.4. The molecule has 1 aliphatic rings. The number of ether oxygens (including phenoxy) is 1. The van der Waals surface area contributed by atoms with Gasteiger partial charge in [0, 0.05) is 24.9 Å². The topological polar surface area (TPSA) is 38.3 Å². The van der Waals surface area contributed by atoms with Gasteiger partial charge >= 0.3 is 0 Å². The van der Waals surface area contributed by atoms with Crippen LogP contribution in [0.1, 0.15) is 18.9 Å². The average Bonchev–Trinajstić information content (AvgIpc) is 2.35. The number of methoxy groups -OCH3 is 1. The molecule has 0 aromatic heterocycles. The molecule has 2 unspecified atom stereocenters. The highest BCUT2D eigenvalue weighted by molar-refractivity contribution is 5.82. The van der Waals surface area contributed by atoms with Crippen LogP contribution in [0.4, 0.5) is 0 Å². The maximum absolute atomic E-state index is 11.7. The average molecular weight is 233 g/mol. The van der Waals surface area contributed by atoms with E-state index in [1.54, 1.807) is 7.11 Å². The fraction of sp³-hybridized carbons (Fsp3) is 0.500. The van der Waals surface area contributed by atoms with Crippen LogP contribution in [0.2, 0.25) is 0 Å². The Bertz CT molecular complexity index is 403. The number of carbonyl (C=O) groups excluding carboxylic acids is 1. The Morgan fingerprint density at radius 2 is 2.29 bits per heavy atom. The third-order valence-corrected chi connectivity index (χ3v) is 3.48. The summed E-state index contributed by atoms with van der Waals surface area (Å²) in [5, 5.41) is 3.42. The molecule has 0 aliphatic carbocycles. The van der Waals surface area contributed by atoms with Crippen molar-refractivity contribution in [2.75, 3.05) is 13.7 Å². The summed E-state index contributed by atoms with van der Waals surface area (Å²) in [6.45, 7) is 2.82. The number of benzene rings is 1. The molecule has 1 N–H and O–H groups in total. The number of carbonyl (C=O) groups is 1. The van der Waals surface area contributed by atoms with Crippen molar-refractivity contribution in [1.82, 2.24) is 5.32 Å². The van der Waals surface area contributed by atoms with E-state index >= 15 is 0 Å². The van der Waals surface area contributed by atoms with E-state index < -0.39 is 0 Å². The first-order valence-corrected chi connectivity index (χ1v) is 6.09. The second-order valence-electron chi connectivity index (χ2n) is 4.62. The fourth-order valence-corrected chi connectivity index (χ4v) is 2.31. The number of nitrogens with one attached hydrogen (secondary N) is 1. The number of hydrogen-bond acceptors (Lipinski definition) is 3. The lowest BCUT2D eigenvalue weighted by atomic mass is 9.87. The van der Waals surface area contributed by atoms with Crippen LogP contribution in [0.5, 0.6) is 5.75 Å². The highest BCUT2D eigenvalue weighted by atomic mass is 16.5. The monoisotopic (exact) mass is 233 g/mol. The summed E-state index contributed by atoms with van der Waals surface area (Å²) >= 11 is 0. The summed E-state index contributed by atoms with van der Waals surface area (Å²) in [5.41, 5.74) is 1.21. The Kier molecular flexibility index (Phi) is 3.79. The van der Waals surface area contributed by atoms with Crippen LogP contribution < -0.4 is 10.1 Å². The van der Waals surface area contributed by atoms with Crippen molar-refractivity contribution in [3.05, 3.63) is 29.8 Å². The van der Waals surface area contributed by atoms with Gasteiger partial charge in [-0.1, -0.05) is 19.1 Å². The van der Waals surface area contributed by atoms with Gasteiger partial charge < -0.3 is 10.1 Å². The van der Waals surface area contributed by atoms with Gasteiger partial charge in [-0.15, -0.1) is 0 Å². The van der Waals surface area contributed by atoms with Crippen molar-refractivity contribution < 1.29 is 9.53 Å². The minimum absolute atomic E-state index is 0.106. The molecule has 3 heteroatoms. The highest BCUT2D eigenvalue weighted by Crippen LogP contribution is 2.19. The third kappa shape index (κ3) is 2.86. The Morgan fingerprint density at radius 3 is 3.06 bits per heavy atom. The minimum atomic E-state index is 0.106. The maximum atomic E-state index is 11.7. The lowest BCUT2D eigenvalue weighted by molar-refractivity contribution is -0.124. The van der Waals surface area contributed by atoms with Crippen LogP contribution >= 0.6 is 0 Å². The first-order chi connectivity index (χ1) is 8.20. The van der Waals surface area contributed by atoms with Crippen LogP contribution in [0.3, 0.4) is 0 Å². The van der Waals surface area contributed by atoms with Gasteiger partial charge in [-0.05, 0) is 24.1 Å². The van der Waals surface area contributed by atoms with Gasteiger partial charge in [-0.3, -0.25) is 4.79 Å². The summed E-state index contributed by atoms with van der Waals surface area (Å²) in [6, 6.07) is 8.29. The zero-order valence-corrected chi connectivity index (χ0v) is 10.4. The van der Waals surface area contributed by atoms with Crippen molar-refractivity contribution in [3.63, 3.8) is 0 Å². The molecule has 1 fully saturated rings. The smallest absolute Gasteiger partial charge is 0.138 e. The Morgan fingerprint density at radius 1 is 1.47 bits per heavy atom. The molecule has 1 aromatic rings. The first kappa shape index (κ1) is 12.1. The van der Waals surface area contributed by atoms with E-state index in [4.69, 9.17) is 4.74 Å². The van der Waals surface area contributed by atoms with Gasteiger partial charge in [0.1, 0.15) is 11.5 Å². The second-order valence-corrected chi connectivity index (χ2v) is 4.62. The summed E-state index contributed by atoms with van der Waals surface area (Å²) in [6.07, 6.45) is 1.54. The van der Waals surface area contributed by atoms with Gasteiger partial charge in [0.15, 0.2) is 0 Å². The maximum Gasteiger partial charge on any atom is 0.138 e. The van der Waals surface area contributed by atoms with Crippen LogP contribution in [-0.2, 0) is 11.2 Å². The predicted octanol–water partition coefficient (Wildman–Crippen LogP) is 1.80. The van der Waals surface area contributed by atoms with Gasteiger partial charge in [0.2, 0.25) is 0 Å². The Balaban J connectivity index is 2.06. The van der Waals surface area contributed by atoms with Crippen molar-refractivity contribution >= 4 is 5.78 Å². The lowest BCUT2D eigenvalue weighted by Gasteiger charge is -2.29. The molecular formula is C14H19NO2. The number of piperidine rings is 1. The van der Waals surface area contributed by atoms with E-state index in [-0.39, 0.29) is 12.0 Å². The van der Waals surface area contributed by atoms with Crippen LogP contribution in [0.15, 0.2) is 24.3 Å². The van der Waals surface area contributed by atoms with Crippen LogP contribution in [0.25, 0.3) is 0 Å². The largest absolute Gasteiger partial charge is 0.497 e. The molecule has 0 bridgehead atoms. The zero-order chi connectivity index (χ0) is 12.3. The Hall–Kier alpha value is -1.35.